The van der Waals surface area contributed by atoms with Crippen LogP contribution in [0.4, 0.5) is 4.39 Å². The van der Waals surface area contributed by atoms with E-state index in [2.05, 4.69) is 43.4 Å². The highest BCUT2D eigenvalue weighted by atomic mass is 19.1. The summed E-state index contributed by atoms with van der Waals surface area (Å²) in [6, 6.07) is 13.9. The van der Waals surface area contributed by atoms with Gasteiger partial charge in [-0.05, 0) is 41.2 Å². The zero-order valence-corrected chi connectivity index (χ0v) is 15.1. The number of carbonyl (C=O) groups excluding carboxylic acids is 2. The van der Waals surface area contributed by atoms with Crippen LogP contribution in [0.5, 0.6) is 0 Å². The van der Waals surface area contributed by atoms with Gasteiger partial charge in [0.2, 0.25) is 0 Å². The van der Waals surface area contributed by atoms with Gasteiger partial charge in [0, 0.05) is 6.54 Å². The normalized spacial score (nSPS) is 10.6. The second-order valence-electron chi connectivity index (χ2n) is 6.46. The molecular formula is C21H24FNO3. The molecule has 1 N–H and O–H groups in total. The Kier molecular flexibility index (Phi) is 7.33. The summed E-state index contributed by atoms with van der Waals surface area (Å²) < 4.78 is 17.7. The number of carbonyl (C=O) groups is 2. The lowest BCUT2D eigenvalue weighted by Crippen LogP contribution is -2.30. The van der Waals surface area contributed by atoms with Crippen LogP contribution in [0.2, 0.25) is 0 Å². The molecule has 0 aliphatic rings. The summed E-state index contributed by atoms with van der Waals surface area (Å²) in [6.45, 7) is 4.46. The number of hydrogen-bond donors (Lipinski definition) is 1. The molecule has 0 heterocycles. The molecule has 26 heavy (non-hydrogen) atoms. The van der Waals surface area contributed by atoms with E-state index in [4.69, 9.17) is 4.74 Å². The van der Waals surface area contributed by atoms with Gasteiger partial charge in [-0.15, -0.1) is 0 Å². The average Bonchev–Trinajstić information content (AvgIpc) is 2.62. The SMILES string of the molecule is CC(C)c1ccc(CCNC(=O)COC(=O)Cc2ccc(F)cc2)cc1. The van der Waals surface area contributed by atoms with Gasteiger partial charge in [0.25, 0.3) is 5.91 Å². The maximum Gasteiger partial charge on any atom is 0.310 e. The topological polar surface area (TPSA) is 55.4 Å². The van der Waals surface area contributed by atoms with E-state index in [9.17, 15) is 14.0 Å². The van der Waals surface area contributed by atoms with Crippen molar-refractivity contribution < 1.29 is 18.7 Å². The van der Waals surface area contributed by atoms with Gasteiger partial charge in [0.1, 0.15) is 5.82 Å². The molecule has 0 radical (unpaired) electrons. The molecule has 1 amide bonds. The van der Waals surface area contributed by atoms with Gasteiger partial charge in [-0.3, -0.25) is 9.59 Å². The van der Waals surface area contributed by atoms with Crippen molar-refractivity contribution in [3.8, 4) is 0 Å². The molecule has 2 aromatic rings. The number of halogens is 1. The molecule has 0 bridgehead atoms. The van der Waals surface area contributed by atoms with Gasteiger partial charge in [-0.1, -0.05) is 50.2 Å². The maximum atomic E-state index is 12.8. The van der Waals surface area contributed by atoms with Crippen molar-refractivity contribution >= 4 is 11.9 Å². The van der Waals surface area contributed by atoms with Crippen LogP contribution in [0.1, 0.15) is 36.5 Å². The number of rotatable bonds is 8. The molecule has 0 aromatic heterocycles. The van der Waals surface area contributed by atoms with E-state index >= 15 is 0 Å². The van der Waals surface area contributed by atoms with Gasteiger partial charge >= 0.3 is 5.97 Å². The quantitative estimate of drug-likeness (QED) is 0.737. The average molecular weight is 357 g/mol. The summed E-state index contributed by atoms with van der Waals surface area (Å²) in [6.07, 6.45) is 0.726. The predicted octanol–water partition coefficient (Wildman–Crippen LogP) is 3.39. The van der Waals surface area contributed by atoms with E-state index in [0.717, 1.165) is 5.56 Å². The van der Waals surface area contributed by atoms with Crippen LogP contribution in [0.15, 0.2) is 48.5 Å². The third kappa shape index (κ3) is 6.67. The van der Waals surface area contributed by atoms with Crippen LogP contribution >= 0.6 is 0 Å². The smallest absolute Gasteiger partial charge is 0.310 e. The van der Waals surface area contributed by atoms with Gasteiger partial charge in [-0.25, -0.2) is 4.39 Å². The number of nitrogens with one attached hydrogen (secondary N) is 1. The highest BCUT2D eigenvalue weighted by molar-refractivity contribution is 5.81. The summed E-state index contributed by atoms with van der Waals surface area (Å²) in [4.78, 5) is 23.4. The van der Waals surface area contributed by atoms with E-state index < -0.39 is 5.97 Å². The van der Waals surface area contributed by atoms with Crippen LogP contribution in [0, 0.1) is 5.82 Å². The highest BCUT2D eigenvalue weighted by Gasteiger charge is 2.08. The van der Waals surface area contributed by atoms with Crippen molar-refractivity contribution in [2.24, 2.45) is 0 Å². The molecule has 0 saturated carbocycles. The van der Waals surface area contributed by atoms with Crippen molar-refractivity contribution in [2.45, 2.75) is 32.6 Å². The Balaban J connectivity index is 1.65. The fraction of sp³-hybridized carbons (Fsp3) is 0.333. The largest absolute Gasteiger partial charge is 0.455 e. The Bertz CT molecular complexity index is 724. The molecule has 2 aromatic carbocycles. The van der Waals surface area contributed by atoms with Gasteiger partial charge < -0.3 is 10.1 Å². The number of benzene rings is 2. The molecule has 0 fully saturated rings. The Morgan fingerprint density at radius 1 is 1.00 bits per heavy atom. The molecule has 4 nitrogen and oxygen atoms in total. The lowest BCUT2D eigenvalue weighted by molar-refractivity contribution is -0.147. The summed E-state index contributed by atoms with van der Waals surface area (Å²) in [7, 11) is 0. The molecule has 0 atom stereocenters. The van der Waals surface area contributed by atoms with E-state index in [1.165, 1.54) is 29.8 Å². The zero-order valence-electron chi connectivity index (χ0n) is 15.1. The van der Waals surface area contributed by atoms with E-state index in [1.807, 2.05) is 0 Å². The van der Waals surface area contributed by atoms with Crippen LogP contribution in [0.25, 0.3) is 0 Å². The Morgan fingerprint density at radius 3 is 2.23 bits per heavy atom. The standard InChI is InChI=1S/C21H24FNO3/c1-15(2)18-7-3-16(4-8-18)11-12-23-20(24)14-26-21(25)13-17-5-9-19(22)10-6-17/h3-10,15H,11-14H2,1-2H3,(H,23,24). The van der Waals surface area contributed by atoms with Gasteiger partial charge in [0.05, 0.1) is 6.42 Å². The molecule has 138 valence electrons. The first-order valence-corrected chi connectivity index (χ1v) is 8.69. The van der Waals surface area contributed by atoms with Crippen molar-refractivity contribution in [3.63, 3.8) is 0 Å². The molecule has 0 spiro atoms. The molecule has 2 rings (SSSR count). The van der Waals surface area contributed by atoms with Gasteiger partial charge in [0.15, 0.2) is 6.61 Å². The fourth-order valence-corrected chi connectivity index (χ4v) is 2.43. The van der Waals surface area contributed by atoms with Gasteiger partial charge in [-0.2, -0.15) is 0 Å². The maximum absolute atomic E-state index is 12.8. The van der Waals surface area contributed by atoms with Crippen molar-refractivity contribution in [2.75, 3.05) is 13.2 Å². The minimum atomic E-state index is -0.518. The van der Waals surface area contributed by atoms with Crippen LogP contribution in [-0.4, -0.2) is 25.0 Å². The summed E-state index contributed by atoms with van der Waals surface area (Å²) in [5.74, 6) is -0.721. The number of ether oxygens (including phenoxy) is 1. The minimum absolute atomic E-state index is 0.00968. The first kappa shape index (κ1) is 19.6. The highest BCUT2D eigenvalue weighted by Crippen LogP contribution is 2.14. The first-order chi connectivity index (χ1) is 12.4. The lowest BCUT2D eigenvalue weighted by Gasteiger charge is -2.08. The van der Waals surface area contributed by atoms with E-state index in [-0.39, 0.29) is 24.8 Å². The van der Waals surface area contributed by atoms with E-state index in [0.29, 0.717) is 24.4 Å². The number of amides is 1. The summed E-state index contributed by atoms with van der Waals surface area (Å²) in [5, 5.41) is 2.73. The summed E-state index contributed by atoms with van der Waals surface area (Å²) >= 11 is 0. The van der Waals surface area contributed by atoms with Crippen LogP contribution in [-0.2, 0) is 27.2 Å². The Labute approximate surface area is 153 Å². The second-order valence-corrected chi connectivity index (χ2v) is 6.46. The fourth-order valence-electron chi connectivity index (χ4n) is 2.43. The van der Waals surface area contributed by atoms with Crippen LogP contribution < -0.4 is 5.32 Å². The molecule has 0 saturated heterocycles. The molecule has 0 aliphatic carbocycles. The summed E-state index contributed by atoms with van der Waals surface area (Å²) in [5.41, 5.74) is 3.07. The van der Waals surface area contributed by atoms with Crippen molar-refractivity contribution in [3.05, 3.63) is 71.0 Å². The predicted molar refractivity (Wildman–Crippen MR) is 98.3 cm³/mol. The Morgan fingerprint density at radius 2 is 1.62 bits per heavy atom. The molecular weight excluding hydrogens is 333 g/mol. The third-order valence-electron chi connectivity index (χ3n) is 4.01. The number of hydrogen-bond acceptors (Lipinski definition) is 3. The number of esters is 1. The second kappa shape index (κ2) is 9.70. The lowest BCUT2D eigenvalue weighted by atomic mass is 10.0. The molecule has 5 heteroatoms. The minimum Gasteiger partial charge on any atom is -0.455 e. The third-order valence-corrected chi connectivity index (χ3v) is 4.01. The zero-order chi connectivity index (χ0) is 18.9. The van der Waals surface area contributed by atoms with E-state index in [1.54, 1.807) is 0 Å². The first-order valence-electron chi connectivity index (χ1n) is 8.69. The molecule has 0 unspecified atom stereocenters. The molecule has 0 aliphatic heterocycles. The Hall–Kier alpha value is -2.69. The van der Waals surface area contributed by atoms with Crippen molar-refractivity contribution in [1.29, 1.82) is 0 Å². The van der Waals surface area contributed by atoms with Crippen LogP contribution in [0.3, 0.4) is 0 Å². The monoisotopic (exact) mass is 357 g/mol. The van der Waals surface area contributed by atoms with Crippen molar-refractivity contribution in [1.82, 2.24) is 5.32 Å².